The molecule has 0 aliphatic rings. The van der Waals surface area contributed by atoms with Crippen LogP contribution < -0.4 is 15.4 Å². The van der Waals surface area contributed by atoms with Crippen molar-refractivity contribution in [1.82, 2.24) is 15.3 Å². The number of ether oxygens (including phenoxy) is 1. The minimum Gasteiger partial charge on any atom is -0.497 e. The Labute approximate surface area is 165 Å². The van der Waals surface area contributed by atoms with Gasteiger partial charge >= 0.3 is 0 Å². The van der Waals surface area contributed by atoms with Gasteiger partial charge in [-0.1, -0.05) is 42.0 Å². The molecule has 3 aromatic rings. The number of aryl methyl sites for hydroxylation is 2. The summed E-state index contributed by atoms with van der Waals surface area (Å²) in [6, 6.07) is 15.8. The third kappa shape index (κ3) is 5.07. The van der Waals surface area contributed by atoms with Crippen LogP contribution in [0.2, 0.25) is 0 Å². The van der Waals surface area contributed by atoms with Crippen molar-refractivity contribution in [1.29, 1.82) is 0 Å². The highest BCUT2D eigenvalue weighted by Crippen LogP contribution is 2.14. The molecule has 0 radical (unpaired) electrons. The van der Waals surface area contributed by atoms with E-state index in [9.17, 15) is 4.79 Å². The number of amides is 1. The fourth-order valence-corrected chi connectivity index (χ4v) is 2.72. The first-order valence-corrected chi connectivity index (χ1v) is 9.09. The first-order valence-electron chi connectivity index (χ1n) is 9.09. The van der Waals surface area contributed by atoms with E-state index in [1.165, 1.54) is 5.56 Å². The number of nitrogens with one attached hydrogen (secondary N) is 2. The van der Waals surface area contributed by atoms with Crippen LogP contribution in [-0.2, 0) is 13.1 Å². The molecule has 3 rings (SSSR count). The monoisotopic (exact) mass is 376 g/mol. The van der Waals surface area contributed by atoms with Crippen LogP contribution in [0, 0.1) is 13.8 Å². The van der Waals surface area contributed by atoms with Crippen LogP contribution in [0.1, 0.15) is 32.7 Å². The summed E-state index contributed by atoms with van der Waals surface area (Å²) >= 11 is 0. The summed E-state index contributed by atoms with van der Waals surface area (Å²) in [6.07, 6.45) is 1.56. The van der Waals surface area contributed by atoms with Gasteiger partial charge < -0.3 is 15.4 Å². The maximum atomic E-state index is 12.4. The molecule has 28 heavy (non-hydrogen) atoms. The highest BCUT2D eigenvalue weighted by molar-refractivity contribution is 5.94. The van der Waals surface area contributed by atoms with Gasteiger partial charge in [-0.25, -0.2) is 9.97 Å². The number of aromatic nitrogens is 2. The summed E-state index contributed by atoms with van der Waals surface area (Å²) in [4.78, 5) is 21.1. The number of nitrogens with zero attached hydrogens (tertiary/aromatic N) is 2. The number of methoxy groups -OCH3 is 1. The van der Waals surface area contributed by atoms with Crippen molar-refractivity contribution in [3.05, 3.63) is 82.7 Å². The van der Waals surface area contributed by atoms with Crippen molar-refractivity contribution in [3.63, 3.8) is 0 Å². The molecule has 2 aromatic carbocycles. The van der Waals surface area contributed by atoms with Gasteiger partial charge in [0.05, 0.1) is 18.4 Å². The average Bonchev–Trinajstić information content (AvgIpc) is 2.72. The predicted octanol–water partition coefficient (Wildman–Crippen LogP) is 3.64. The molecule has 2 N–H and O–H groups in total. The van der Waals surface area contributed by atoms with Crippen LogP contribution in [0.4, 0.5) is 5.95 Å². The zero-order valence-electron chi connectivity index (χ0n) is 16.3. The first kappa shape index (κ1) is 19.4. The molecule has 0 aliphatic carbocycles. The number of carbonyl (C=O) groups is 1. The third-order valence-electron chi connectivity index (χ3n) is 4.38. The summed E-state index contributed by atoms with van der Waals surface area (Å²) in [5.41, 5.74) is 4.40. The normalized spacial score (nSPS) is 10.4. The Balaban J connectivity index is 1.59. The lowest BCUT2D eigenvalue weighted by Crippen LogP contribution is -2.24. The number of carbonyl (C=O) groups excluding carboxylic acids is 1. The Morgan fingerprint density at radius 1 is 1.04 bits per heavy atom. The molecule has 0 atom stereocenters. The Morgan fingerprint density at radius 3 is 2.54 bits per heavy atom. The van der Waals surface area contributed by atoms with Crippen molar-refractivity contribution in [2.24, 2.45) is 0 Å². The van der Waals surface area contributed by atoms with Crippen LogP contribution in [0.15, 0.2) is 54.7 Å². The Morgan fingerprint density at radius 2 is 1.82 bits per heavy atom. The van der Waals surface area contributed by atoms with E-state index in [2.05, 4.69) is 20.6 Å². The maximum absolute atomic E-state index is 12.4. The molecule has 1 amide bonds. The van der Waals surface area contributed by atoms with Crippen LogP contribution in [0.5, 0.6) is 5.75 Å². The van der Waals surface area contributed by atoms with E-state index in [1.54, 1.807) is 20.2 Å². The van der Waals surface area contributed by atoms with Crippen LogP contribution in [0.25, 0.3) is 0 Å². The lowest BCUT2D eigenvalue weighted by Gasteiger charge is -2.10. The SMILES string of the molecule is COc1cccc(CNc2ncc(C(=O)NCc3ccc(C)cc3)c(C)n2)c1. The second-order valence-electron chi connectivity index (χ2n) is 6.57. The molecule has 6 nitrogen and oxygen atoms in total. The van der Waals surface area contributed by atoms with Crippen LogP contribution in [0.3, 0.4) is 0 Å². The molecule has 1 aromatic heterocycles. The number of anilines is 1. The second kappa shape index (κ2) is 8.99. The fourth-order valence-electron chi connectivity index (χ4n) is 2.72. The molecule has 1 heterocycles. The van der Waals surface area contributed by atoms with Gasteiger partial charge in [0.1, 0.15) is 5.75 Å². The van der Waals surface area contributed by atoms with Gasteiger partial charge in [0.25, 0.3) is 5.91 Å². The largest absolute Gasteiger partial charge is 0.497 e. The van der Waals surface area contributed by atoms with Gasteiger partial charge in [0.2, 0.25) is 5.95 Å². The summed E-state index contributed by atoms with van der Waals surface area (Å²) < 4.78 is 5.23. The molecule has 0 spiro atoms. The Bertz CT molecular complexity index is 955. The second-order valence-corrected chi connectivity index (χ2v) is 6.57. The summed E-state index contributed by atoms with van der Waals surface area (Å²) in [6.45, 7) is 4.87. The van der Waals surface area contributed by atoms with Crippen LogP contribution >= 0.6 is 0 Å². The van der Waals surface area contributed by atoms with E-state index in [0.29, 0.717) is 30.3 Å². The average molecular weight is 376 g/mol. The molecule has 0 bridgehead atoms. The molecule has 0 saturated heterocycles. The summed E-state index contributed by atoms with van der Waals surface area (Å²) in [5, 5.41) is 6.09. The molecule has 6 heteroatoms. The summed E-state index contributed by atoms with van der Waals surface area (Å²) in [5.74, 6) is 1.10. The smallest absolute Gasteiger partial charge is 0.254 e. The molecular formula is C22H24N4O2. The Hall–Kier alpha value is -3.41. The molecule has 0 unspecified atom stereocenters. The van der Waals surface area contributed by atoms with Gasteiger partial charge in [-0.05, 0) is 37.1 Å². The van der Waals surface area contributed by atoms with E-state index in [-0.39, 0.29) is 5.91 Å². The Kier molecular flexibility index (Phi) is 6.22. The fraction of sp³-hybridized carbons (Fsp3) is 0.227. The highest BCUT2D eigenvalue weighted by Gasteiger charge is 2.11. The van der Waals surface area contributed by atoms with E-state index >= 15 is 0 Å². The van der Waals surface area contributed by atoms with E-state index in [4.69, 9.17) is 4.74 Å². The standard InChI is InChI=1S/C22H24N4O2/c1-15-7-9-17(10-8-15)12-23-21(27)20-14-25-22(26-16(20)2)24-13-18-5-4-6-19(11-18)28-3/h4-11,14H,12-13H2,1-3H3,(H,23,27)(H,24,25,26). The zero-order chi connectivity index (χ0) is 19.9. The van der Waals surface area contributed by atoms with Gasteiger partial charge in [-0.2, -0.15) is 0 Å². The van der Waals surface area contributed by atoms with E-state index in [1.807, 2.05) is 55.5 Å². The predicted molar refractivity (Wildman–Crippen MR) is 109 cm³/mol. The van der Waals surface area contributed by atoms with E-state index in [0.717, 1.165) is 16.9 Å². The zero-order valence-corrected chi connectivity index (χ0v) is 16.3. The number of benzene rings is 2. The van der Waals surface area contributed by atoms with Crippen LogP contribution in [-0.4, -0.2) is 23.0 Å². The quantitative estimate of drug-likeness (QED) is 0.658. The molecule has 0 fully saturated rings. The molecular weight excluding hydrogens is 352 g/mol. The lowest BCUT2D eigenvalue weighted by atomic mass is 10.1. The van der Waals surface area contributed by atoms with Crippen molar-refractivity contribution >= 4 is 11.9 Å². The molecule has 144 valence electrons. The van der Waals surface area contributed by atoms with Crippen molar-refractivity contribution in [2.75, 3.05) is 12.4 Å². The lowest BCUT2D eigenvalue weighted by molar-refractivity contribution is 0.0949. The van der Waals surface area contributed by atoms with Gasteiger partial charge in [-0.15, -0.1) is 0 Å². The number of hydrogen-bond acceptors (Lipinski definition) is 5. The minimum atomic E-state index is -0.183. The number of rotatable bonds is 7. The van der Waals surface area contributed by atoms with Gasteiger partial charge in [-0.3, -0.25) is 4.79 Å². The van der Waals surface area contributed by atoms with Crippen molar-refractivity contribution < 1.29 is 9.53 Å². The van der Waals surface area contributed by atoms with Gasteiger partial charge in [0, 0.05) is 19.3 Å². The summed E-state index contributed by atoms with van der Waals surface area (Å²) in [7, 11) is 1.64. The van der Waals surface area contributed by atoms with Crippen molar-refractivity contribution in [3.8, 4) is 5.75 Å². The van der Waals surface area contributed by atoms with Crippen molar-refractivity contribution in [2.45, 2.75) is 26.9 Å². The highest BCUT2D eigenvalue weighted by atomic mass is 16.5. The molecule has 0 aliphatic heterocycles. The van der Waals surface area contributed by atoms with E-state index < -0.39 is 0 Å². The number of hydrogen-bond donors (Lipinski definition) is 2. The first-order chi connectivity index (χ1) is 13.5. The van der Waals surface area contributed by atoms with Gasteiger partial charge in [0.15, 0.2) is 0 Å². The minimum absolute atomic E-state index is 0.183. The maximum Gasteiger partial charge on any atom is 0.254 e. The topological polar surface area (TPSA) is 76.1 Å². The molecule has 0 saturated carbocycles. The third-order valence-corrected chi connectivity index (χ3v) is 4.38.